The van der Waals surface area contributed by atoms with Crippen LogP contribution in [-0.2, 0) is 19.2 Å². The second kappa shape index (κ2) is 13.0. The minimum Gasteiger partial charge on any atom is -0.480 e. The van der Waals surface area contributed by atoms with Crippen molar-refractivity contribution in [1.29, 1.82) is 0 Å². The number of benzene rings is 1. The fourth-order valence-electron chi connectivity index (χ4n) is 4.28. The van der Waals surface area contributed by atoms with Crippen LogP contribution in [0.3, 0.4) is 0 Å². The van der Waals surface area contributed by atoms with Gasteiger partial charge in [-0.1, -0.05) is 0 Å². The van der Waals surface area contributed by atoms with E-state index in [2.05, 4.69) is 0 Å². The molecule has 194 valence electrons. The van der Waals surface area contributed by atoms with Gasteiger partial charge in [-0.15, -0.1) is 0 Å². The quantitative estimate of drug-likeness (QED) is 0.204. The number of hydrogen-bond acceptors (Lipinski definition) is 8. The summed E-state index contributed by atoms with van der Waals surface area (Å²) in [6, 6.07) is 6.81. The predicted octanol–water partition coefficient (Wildman–Crippen LogP) is -1.17. The lowest BCUT2D eigenvalue weighted by molar-refractivity contribution is -0.141. The molecule has 0 amide bonds. The Morgan fingerprint density at radius 1 is 0.657 bits per heavy atom. The molecule has 1 heterocycles. The van der Waals surface area contributed by atoms with E-state index in [4.69, 9.17) is 5.73 Å². The number of quaternary nitrogens is 1. The van der Waals surface area contributed by atoms with Crippen LogP contribution in [0, 0.1) is 0 Å². The Morgan fingerprint density at radius 2 is 1.03 bits per heavy atom. The van der Waals surface area contributed by atoms with Crippen LogP contribution in [0.5, 0.6) is 0 Å². The first-order valence-electron chi connectivity index (χ1n) is 11.3. The van der Waals surface area contributed by atoms with Gasteiger partial charge in [-0.25, -0.2) is 4.79 Å². The number of hydrogen-bond donors (Lipinski definition) is 5. The van der Waals surface area contributed by atoms with Crippen LogP contribution >= 0.6 is 0 Å². The molecule has 0 spiro atoms. The standard InChI is InChI=1S/C22H33N5O8/c23-17-1-3-18(4-2-17)27(16-22(34)35)11-9-25(14-20(30)31)7-5-24(13-19(28)29)6-8-26(10-12-27)15-21(32)33/h1-4H,5-16,23H2,(H3-,28,29,30,31,32,33,34,35)/p+1. The van der Waals surface area contributed by atoms with Gasteiger partial charge in [-0.05, 0) is 12.1 Å². The molecule has 0 unspecified atom stereocenters. The third-order valence-electron chi connectivity index (χ3n) is 6.11. The molecule has 0 radical (unpaired) electrons. The second-order valence-corrected chi connectivity index (χ2v) is 8.75. The van der Waals surface area contributed by atoms with E-state index in [9.17, 15) is 39.6 Å². The second-order valence-electron chi connectivity index (χ2n) is 8.75. The molecule has 13 nitrogen and oxygen atoms in total. The molecule has 35 heavy (non-hydrogen) atoms. The van der Waals surface area contributed by atoms with Crippen molar-refractivity contribution in [2.45, 2.75) is 0 Å². The van der Waals surface area contributed by atoms with Crippen molar-refractivity contribution in [3.8, 4) is 0 Å². The molecule has 1 aromatic rings. The molecule has 1 aliphatic heterocycles. The van der Waals surface area contributed by atoms with Crippen LogP contribution in [0.25, 0.3) is 0 Å². The van der Waals surface area contributed by atoms with E-state index in [1.54, 1.807) is 39.0 Å². The Hall–Kier alpha value is -3.26. The van der Waals surface area contributed by atoms with Crippen LogP contribution < -0.4 is 10.2 Å². The monoisotopic (exact) mass is 496 g/mol. The van der Waals surface area contributed by atoms with Gasteiger partial charge >= 0.3 is 23.9 Å². The first kappa shape index (κ1) is 28.0. The van der Waals surface area contributed by atoms with Crippen LogP contribution in [-0.4, -0.2) is 138 Å². The van der Waals surface area contributed by atoms with Gasteiger partial charge < -0.3 is 26.2 Å². The van der Waals surface area contributed by atoms with Crippen molar-refractivity contribution in [3.63, 3.8) is 0 Å². The summed E-state index contributed by atoms with van der Waals surface area (Å²) in [5.74, 6) is -4.17. The minimum absolute atomic E-state index is 0.0271. The van der Waals surface area contributed by atoms with Gasteiger partial charge in [0.25, 0.3) is 0 Å². The summed E-state index contributed by atoms with van der Waals surface area (Å²) in [5.41, 5.74) is 7.01. The summed E-state index contributed by atoms with van der Waals surface area (Å²) in [6.07, 6.45) is 0. The van der Waals surface area contributed by atoms with Crippen LogP contribution in [0.4, 0.5) is 11.4 Å². The summed E-state index contributed by atoms with van der Waals surface area (Å²) >= 11 is 0. The molecule has 1 fully saturated rings. The third-order valence-corrected chi connectivity index (χ3v) is 6.11. The molecule has 0 aliphatic carbocycles. The zero-order valence-electron chi connectivity index (χ0n) is 19.6. The Labute approximate surface area is 203 Å². The number of anilines is 1. The summed E-state index contributed by atoms with van der Waals surface area (Å²) in [6.45, 7) is 0.939. The van der Waals surface area contributed by atoms with Crippen molar-refractivity contribution in [2.24, 2.45) is 0 Å². The van der Waals surface area contributed by atoms with Gasteiger partial charge in [0.15, 0.2) is 6.54 Å². The average Bonchev–Trinajstić information content (AvgIpc) is 2.75. The lowest BCUT2D eigenvalue weighted by atomic mass is 10.1. The molecule has 0 saturated carbocycles. The number of carboxylic acid groups (broad SMARTS) is 4. The van der Waals surface area contributed by atoms with Gasteiger partial charge in [0.1, 0.15) is 5.69 Å². The summed E-state index contributed by atoms with van der Waals surface area (Å²) in [5, 5.41) is 37.8. The number of nitrogens with two attached hydrogens (primary N) is 1. The van der Waals surface area contributed by atoms with Gasteiger partial charge in [0.2, 0.25) is 0 Å². The molecule has 6 N–H and O–H groups in total. The zero-order valence-corrected chi connectivity index (χ0v) is 19.6. The van der Waals surface area contributed by atoms with Crippen molar-refractivity contribution in [1.82, 2.24) is 19.2 Å². The Bertz CT molecular complexity index is 862. The maximum atomic E-state index is 11.9. The lowest BCUT2D eigenvalue weighted by Crippen LogP contribution is -2.60. The highest BCUT2D eigenvalue weighted by Gasteiger charge is 2.35. The first-order valence-corrected chi connectivity index (χ1v) is 11.3. The largest absolute Gasteiger partial charge is 0.480 e. The van der Waals surface area contributed by atoms with E-state index in [-0.39, 0.29) is 83.0 Å². The van der Waals surface area contributed by atoms with E-state index < -0.39 is 23.9 Å². The number of carbonyl (C=O) groups is 4. The van der Waals surface area contributed by atoms with E-state index in [0.29, 0.717) is 11.4 Å². The van der Waals surface area contributed by atoms with Crippen molar-refractivity contribution < 1.29 is 39.6 Å². The van der Waals surface area contributed by atoms with Gasteiger partial charge in [0.05, 0.1) is 32.7 Å². The first-order chi connectivity index (χ1) is 16.5. The summed E-state index contributed by atoms with van der Waals surface area (Å²) < 4.78 is -0.0271. The number of nitrogens with zero attached hydrogens (tertiary/aromatic N) is 4. The Kier molecular flexibility index (Phi) is 10.4. The molecule has 2 rings (SSSR count). The van der Waals surface area contributed by atoms with Crippen molar-refractivity contribution >= 4 is 35.3 Å². The Morgan fingerprint density at radius 3 is 1.37 bits per heavy atom. The highest BCUT2D eigenvalue weighted by atomic mass is 16.4. The van der Waals surface area contributed by atoms with Gasteiger partial charge in [-0.3, -0.25) is 33.6 Å². The molecule has 1 saturated heterocycles. The molecule has 13 heteroatoms. The predicted molar refractivity (Wildman–Crippen MR) is 127 cm³/mol. The number of aliphatic carboxylic acids is 4. The maximum absolute atomic E-state index is 11.9. The normalized spacial score (nSPS) is 18.7. The highest BCUT2D eigenvalue weighted by molar-refractivity contribution is 5.73. The molecular weight excluding hydrogens is 462 g/mol. The zero-order chi connectivity index (χ0) is 26.0. The van der Waals surface area contributed by atoms with Crippen LogP contribution in [0.1, 0.15) is 0 Å². The average molecular weight is 497 g/mol. The number of nitrogen functional groups attached to an aromatic ring is 1. The van der Waals surface area contributed by atoms with Gasteiger partial charge in [-0.2, -0.15) is 0 Å². The van der Waals surface area contributed by atoms with E-state index in [1.165, 1.54) is 0 Å². The summed E-state index contributed by atoms with van der Waals surface area (Å²) in [4.78, 5) is 51.2. The molecule has 0 bridgehead atoms. The number of carboxylic acids is 4. The molecule has 0 atom stereocenters. The smallest absolute Gasteiger partial charge is 0.359 e. The van der Waals surface area contributed by atoms with E-state index >= 15 is 0 Å². The maximum Gasteiger partial charge on any atom is 0.359 e. The fraction of sp³-hybridized carbons (Fsp3) is 0.545. The highest BCUT2D eigenvalue weighted by Crippen LogP contribution is 2.25. The molecule has 1 aromatic carbocycles. The topological polar surface area (TPSA) is 185 Å². The molecule has 1 aliphatic rings. The summed E-state index contributed by atoms with van der Waals surface area (Å²) in [7, 11) is 0. The van der Waals surface area contributed by atoms with Crippen molar-refractivity contribution in [2.75, 3.05) is 84.3 Å². The number of rotatable bonds is 9. The molecule has 0 aromatic heterocycles. The minimum atomic E-state index is -1.05. The van der Waals surface area contributed by atoms with Crippen LogP contribution in [0.15, 0.2) is 24.3 Å². The van der Waals surface area contributed by atoms with Gasteiger partial charge in [0, 0.05) is 57.1 Å². The van der Waals surface area contributed by atoms with E-state index in [1.807, 2.05) is 0 Å². The SMILES string of the molecule is Nc1ccc([N+]2(CC(=O)O)CCN(CC(=O)O)CCN(CC(=O)O)CCN(CC(=O)O)CC2)cc1. The lowest BCUT2D eigenvalue weighted by Gasteiger charge is -2.40. The third kappa shape index (κ3) is 9.48. The fourth-order valence-corrected chi connectivity index (χ4v) is 4.28. The van der Waals surface area contributed by atoms with E-state index in [0.717, 1.165) is 0 Å². The Balaban J connectivity index is 2.44. The van der Waals surface area contributed by atoms with Crippen LogP contribution in [0.2, 0.25) is 0 Å². The molecular formula is C22H34N5O8+. The van der Waals surface area contributed by atoms with Crippen molar-refractivity contribution in [3.05, 3.63) is 24.3 Å².